The third kappa shape index (κ3) is 3.35. The zero-order valence-corrected chi connectivity index (χ0v) is 14.0. The average Bonchev–Trinajstić information content (AvgIpc) is 2.65. The van der Waals surface area contributed by atoms with Crippen molar-refractivity contribution < 1.29 is 13.9 Å². The number of halogens is 1. The first kappa shape index (κ1) is 16.0. The van der Waals surface area contributed by atoms with Crippen LogP contribution in [0.25, 0.3) is 6.08 Å². The van der Waals surface area contributed by atoms with E-state index in [1.54, 1.807) is 6.07 Å². The molecule has 0 N–H and O–H groups in total. The number of carbonyl (C=O) groups excluding carboxylic acids is 1. The number of fused-ring (bicyclic) bond motifs is 1. The minimum atomic E-state index is -0.280. The van der Waals surface area contributed by atoms with Gasteiger partial charge in [-0.25, -0.2) is 4.39 Å². The first-order chi connectivity index (χ1) is 12.2. The van der Waals surface area contributed by atoms with Gasteiger partial charge in [-0.2, -0.15) is 0 Å². The van der Waals surface area contributed by atoms with Gasteiger partial charge in [0.15, 0.2) is 5.78 Å². The average molecular weight is 337 g/mol. The van der Waals surface area contributed by atoms with Crippen LogP contribution in [0, 0.1) is 5.82 Å². The Hall–Kier alpha value is -2.46. The van der Waals surface area contributed by atoms with Gasteiger partial charge in [0.05, 0.1) is 13.2 Å². The summed E-state index contributed by atoms with van der Waals surface area (Å²) < 4.78 is 18.7. The maximum atomic E-state index is 13.3. The van der Waals surface area contributed by atoms with Gasteiger partial charge in [-0.05, 0) is 60.4 Å². The predicted molar refractivity (Wildman–Crippen MR) is 96.5 cm³/mol. The number of carbonyl (C=O) groups is 1. The Bertz CT molecular complexity index is 820. The van der Waals surface area contributed by atoms with Crippen molar-refractivity contribution in [2.24, 2.45) is 0 Å². The van der Waals surface area contributed by atoms with Gasteiger partial charge in [0.1, 0.15) is 5.82 Å². The van der Waals surface area contributed by atoms with Gasteiger partial charge >= 0.3 is 0 Å². The summed E-state index contributed by atoms with van der Waals surface area (Å²) in [4.78, 5) is 14.9. The highest BCUT2D eigenvalue weighted by atomic mass is 19.1. The summed E-state index contributed by atoms with van der Waals surface area (Å²) >= 11 is 0. The van der Waals surface area contributed by atoms with E-state index in [0.29, 0.717) is 18.4 Å². The molecule has 1 saturated heterocycles. The quantitative estimate of drug-likeness (QED) is 0.779. The number of anilines is 1. The van der Waals surface area contributed by atoms with E-state index in [2.05, 4.69) is 17.0 Å². The topological polar surface area (TPSA) is 29.5 Å². The molecule has 4 heteroatoms. The molecule has 0 amide bonds. The minimum Gasteiger partial charge on any atom is -0.378 e. The molecule has 0 aromatic heterocycles. The van der Waals surface area contributed by atoms with E-state index in [9.17, 15) is 9.18 Å². The van der Waals surface area contributed by atoms with Crippen LogP contribution in [0.1, 0.15) is 27.9 Å². The maximum Gasteiger partial charge on any atom is 0.189 e. The van der Waals surface area contributed by atoms with Crippen LogP contribution in [-0.2, 0) is 11.2 Å². The number of hydrogen-bond donors (Lipinski definition) is 0. The highest BCUT2D eigenvalue weighted by Gasteiger charge is 2.22. The Morgan fingerprint density at radius 3 is 2.52 bits per heavy atom. The second-order valence-electron chi connectivity index (χ2n) is 6.49. The standard InChI is InChI=1S/C21H20FNO2/c22-18-5-8-20-16(14-18)3-4-17(21(20)24)13-15-1-6-19(7-2-15)23-9-11-25-12-10-23/h1-2,5-8,13-14H,3-4,9-12H2/b17-13+. The van der Waals surface area contributed by atoms with Gasteiger partial charge in [0, 0.05) is 29.9 Å². The summed E-state index contributed by atoms with van der Waals surface area (Å²) in [6.45, 7) is 3.35. The number of nitrogens with zero attached hydrogens (tertiary/aromatic N) is 1. The van der Waals surface area contributed by atoms with Gasteiger partial charge < -0.3 is 9.64 Å². The van der Waals surface area contributed by atoms with Crippen molar-refractivity contribution in [1.82, 2.24) is 0 Å². The fourth-order valence-electron chi connectivity index (χ4n) is 3.49. The number of morpholine rings is 1. The minimum absolute atomic E-state index is 0.0125. The van der Waals surface area contributed by atoms with Crippen LogP contribution in [0.15, 0.2) is 48.0 Å². The molecule has 0 unspecified atom stereocenters. The third-order valence-electron chi connectivity index (χ3n) is 4.88. The van der Waals surface area contributed by atoms with Gasteiger partial charge in [-0.15, -0.1) is 0 Å². The molecule has 0 spiro atoms. The summed E-state index contributed by atoms with van der Waals surface area (Å²) in [7, 11) is 0. The molecule has 1 heterocycles. The Morgan fingerprint density at radius 1 is 1.00 bits per heavy atom. The molecule has 0 atom stereocenters. The summed E-state index contributed by atoms with van der Waals surface area (Å²) in [6.07, 6.45) is 3.31. The molecule has 2 aromatic rings. The zero-order valence-electron chi connectivity index (χ0n) is 14.0. The van der Waals surface area contributed by atoms with Crippen LogP contribution in [0.4, 0.5) is 10.1 Å². The second-order valence-corrected chi connectivity index (χ2v) is 6.49. The molecule has 0 radical (unpaired) electrons. The largest absolute Gasteiger partial charge is 0.378 e. The van der Waals surface area contributed by atoms with Gasteiger partial charge in [0.2, 0.25) is 0 Å². The lowest BCUT2D eigenvalue weighted by molar-refractivity contribution is 0.102. The number of hydrogen-bond acceptors (Lipinski definition) is 3. The summed E-state index contributed by atoms with van der Waals surface area (Å²) in [5.41, 5.74) is 4.43. The van der Waals surface area contributed by atoms with E-state index in [1.807, 2.05) is 18.2 Å². The van der Waals surface area contributed by atoms with E-state index in [1.165, 1.54) is 17.8 Å². The van der Waals surface area contributed by atoms with E-state index in [0.717, 1.165) is 43.0 Å². The Morgan fingerprint density at radius 2 is 1.76 bits per heavy atom. The van der Waals surface area contributed by atoms with E-state index < -0.39 is 0 Å². The third-order valence-corrected chi connectivity index (χ3v) is 4.88. The van der Waals surface area contributed by atoms with Crippen LogP contribution >= 0.6 is 0 Å². The van der Waals surface area contributed by atoms with Gasteiger partial charge in [-0.3, -0.25) is 4.79 Å². The molecule has 0 saturated carbocycles. The number of allylic oxidation sites excluding steroid dienone is 1. The monoisotopic (exact) mass is 337 g/mol. The van der Waals surface area contributed by atoms with Crippen LogP contribution in [-0.4, -0.2) is 32.1 Å². The first-order valence-electron chi connectivity index (χ1n) is 8.67. The van der Waals surface area contributed by atoms with Crippen molar-refractivity contribution in [1.29, 1.82) is 0 Å². The SMILES string of the molecule is O=C1/C(=C/c2ccc(N3CCOCC3)cc2)CCc2cc(F)ccc21. The maximum absolute atomic E-state index is 13.3. The Balaban J connectivity index is 1.54. The van der Waals surface area contributed by atoms with Gasteiger partial charge in [0.25, 0.3) is 0 Å². The van der Waals surface area contributed by atoms with E-state index in [-0.39, 0.29) is 11.6 Å². The van der Waals surface area contributed by atoms with Crippen molar-refractivity contribution in [2.75, 3.05) is 31.2 Å². The number of aryl methyl sites for hydroxylation is 1. The number of Topliss-reactive ketones (excluding diaryl/α,β-unsaturated/α-hetero) is 1. The van der Waals surface area contributed by atoms with Gasteiger partial charge in [-0.1, -0.05) is 12.1 Å². The van der Waals surface area contributed by atoms with Crippen molar-refractivity contribution in [3.63, 3.8) is 0 Å². The molecule has 2 aliphatic rings. The Labute approximate surface area is 146 Å². The number of ether oxygens (including phenoxy) is 1. The lowest BCUT2D eigenvalue weighted by Gasteiger charge is -2.28. The van der Waals surface area contributed by atoms with Crippen molar-refractivity contribution >= 4 is 17.5 Å². The predicted octanol–water partition coefficient (Wildman–Crippen LogP) is 3.87. The second kappa shape index (κ2) is 6.81. The molecule has 0 bridgehead atoms. The summed E-state index contributed by atoms with van der Waals surface area (Å²) in [5.74, 6) is -0.267. The highest BCUT2D eigenvalue weighted by molar-refractivity contribution is 6.13. The zero-order chi connectivity index (χ0) is 17.2. The van der Waals surface area contributed by atoms with Crippen LogP contribution < -0.4 is 4.90 Å². The van der Waals surface area contributed by atoms with E-state index >= 15 is 0 Å². The van der Waals surface area contributed by atoms with Crippen LogP contribution in [0.5, 0.6) is 0 Å². The molecule has 128 valence electrons. The molecule has 3 nitrogen and oxygen atoms in total. The molecule has 1 fully saturated rings. The summed E-state index contributed by atoms with van der Waals surface area (Å²) in [6, 6.07) is 12.7. The number of rotatable bonds is 2. The highest BCUT2D eigenvalue weighted by Crippen LogP contribution is 2.28. The first-order valence-corrected chi connectivity index (χ1v) is 8.67. The van der Waals surface area contributed by atoms with Crippen molar-refractivity contribution in [3.8, 4) is 0 Å². The lowest BCUT2D eigenvalue weighted by atomic mass is 9.86. The van der Waals surface area contributed by atoms with E-state index in [4.69, 9.17) is 4.74 Å². The van der Waals surface area contributed by atoms with Crippen molar-refractivity contribution in [2.45, 2.75) is 12.8 Å². The lowest BCUT2D eigenvalue weighted by Crippen LogP contribution is -2.36. The number of ketones is 1. The fourth-order valence-corrected chi connectivity index (χ4v) is 3.49. The fraction of sp³-hybridized carbons (Fsp3) is 0.286. The smallest absolute Gasteiger partial charge is 0.189 e. The molecule has 2 aromatic carbocycles. The van der Waals surface area contributed by atoms with Crippen LogP contribution in [0.3, 0.4) is 0 Å². The Kier molecular flexibility index (Phi) is 4.36. The number of benzene rings is 2. The van der Waals surface area contributed by atoms with Crippen LogP contribution in [0.2, 0.25) is 0 Å². The molecular formula is C21H20FNO2. The molecular weight excluding hydrogens is 317 g/mol. The van der Waals surface area contributed by atoms with Crippen molar-refractivity contribution in [3.05, 3.63) is 70.5 Å². The normalized spacial score (nSPS) is 19.2. The molecule has 4 rings (SSSR count). The molecule has 25 heavy (non-hydrogen) atoms. The molecule has 1 aliphatic heterocycles. The summed E-state index contributed by atoms with van der Waals surface area (Å²) in [5, 5.41) is 0. The molecule has 1 aliphatic carbocycles.